The summed E-state index contributed by atoms with van der Waals surface area (Å²) < 4.78 is 29.5. The third kappa shape index (κ3) is 4.50. The van der Waals surface area contributed by atoms with Crippen molar-refractivity contribution in [3.63, 3.8) is 0 Å². The van der Waals surface area contributed by atoms with Crippen LogP contribution in [-0.4, -0.2) is 38.4 Å². The van der Waals surface area contributed by atoms with E-state index in [4.69, 9.17) is 0 Å². The normalized spacial score (nSPS) is 20.8. The zero-order valence-electron chi connectivity index (χ0n) is 12.8. The first-order valence-electron chi connectivity index (χ1n) is 7.53. The number of nitrogens with zero attached hydrogens (tertiary/aromatic N) is 1. The van der Waals surface area contributed by atoms with Gasteiger partial charge in [0.05, 0.1) is 0 Å². The van der Waals surface area contributed by atoms with Crippen LogP contribution in [0.4, 0.5) is 0 Å². The molecule has 0 saturated carbocycles. The minimum absolute atomic E-state index is 0.0692. The molecule has 1 fully saturated rings. The maximum atomic E-state index is 12.6. The summed E-state index contributed by atoms with van der Waals surface area (Å²) in [5, 5.41) is 7.31. The molecule has 0 amide bonds. The fourth-order valence-electron chi connectivity index (χ4n) is 2.63. The second kappa shape index (κ2) is 7.69. The number of hydrogen-bond acceptors (Lipinski definition) is 4. The maximum absolute atomic E-state index is 12.6. The Morgan fingerprint density at radius 3 is 2.86 bits per heavy atom. The molecule has 1 aromatic rings. The van der Waals surface area contributed by atoms with Gasteiger partial charge >= 0.3 is 0 Å². The summed E-state index contributed by atoms with van der Waals surface area (Å²) >= 11 is 1.61. The van der Waals surface area contributed by atoms with Crippen molar-refractivity contribution >= 4 is 21.5 Å². The van der Waals surface area contributed by atoms with Crippen molar-refractivity contribution < 1.29 is 8.42 Å². The van der Waals surface area contributed by atoms with Crippen LogP contribution < -0.4 is 10.0 Å². The first-order chi connectivity index (χ1) is 10.0. The summed E-state index contributed by atoms with van der Waals surface area (Å²) in [6.07, 6.45) is 2.98. The Bertz CT molecular complexity index is 542. The standard InChI is InChI=1S/C14H25N3O2S2/c1-3-15-9-14-6-4-5-7-17(14)21(18,19)16-8-13-11-20-10-12(13)2/h10-11,14-16H,3-9H2,1-2H3. The lowest BCUT2D eigenvalue weighted by Crippen LogP contribution is -2.52. The number of aryl methyl sites for hydroxylation is 1. The van der Waals surface area contributed by atoms with Gasteiger partial charge < -0.3 is 5.32 Å². The Hall–Kier alpha value is -0.470. The van der Waals surface area contributed by atoms with Crippen LogP contribution in [-0.2, 0) is 16.8 Å². The summed E-state index contributed by atoms with van der Waals surface area (Å²) in [6, 6.07) is 0.0692. The van der Waals surface area contributed by atoms with Crippen LogP contribution in [0.25, 0.3) is 0 Å². The van der Waals surface area contributed by atoms with Crippen LogP contribution in [0, 0.1) is 6.92 Å². The number of likely N-dealkylation sites (N-methyl/N-ethyl adjacent to an activating group) is 1. The van der Waals surface area contributed by atoms with Gasteiger partial charge in [0, 0.05) is 25.7 Å². The van der Waals surface area contributed by atoms with E-state index in [1.165, 1.54) is 0 Å². The highest BCUT2D eigenvalue weighted by molar-refractivity contribution is 7.87. The molecule has 1 atom stereocenters. The summed E-state index contributed by atoms with van der Waals surface area (Å²) in [7, 11) is -3.41. The van der Waals surface area contributed by atoms with Crippen molar-refractivity contribution in [2.24, 2.45) is 0 Å². The third-order valence-electron chi connectivity index (χ3n) is 3.92. The number of thiophene rings is 1. The molecule has 2 rings (SSSR count). The van der Waals surface area contributed by atoms with E-state index in [2.05, 4.69) is 10.0 Å². The molecule has 2 N–H and O–H groups in total. The van der Waals surface area contributed by atoms with E-state index in [1.54, 1.807) is 15.6 Å². The minimum Gasteiger partial charge on any atom is -0.315 e. The highest BCUT2D eigenvalue weighted by Crippen LogP contribution is 2.20. The Labute approximate surface area is 131 Å². The number of rotatable bonds is 7. The van der Waals surface area contributed by atoms with Crippen LogP contribution in [0.3, 0.4) is 0 Å². The predicted octanol–water partition coefficient (Wildman–Crippen LogP) is 1.85. The van der Waals surface area contributed by atoms with Crippen molar-refractivity contribution in [2.45, 2.75) is 45.7 Å². The van der Waals surface area contributed by atoms with Gasteiger partial charge in [-0.3, -0.25) is 0 Å². The Balaban J connectivity index is 2.00. The Morgan fingerprint density at radius 2 is 2.19 bits per heavy atom. The molecule has 0 spiro atoms. The fraction of sp³-hybridized carbons (Fsp3) is 0.714. The van der Waals surface area contributed by atoms with E-state index in [-0.39, 0.29) is 6.04 Å². The largest absolute Gasteiger partial charge is 0.315 e. The molecule has 1 aromatic heterocycles. The second-order valence-corrected chi connectivity index (χ2v) is 7.93. The minimum atomic E-state index is -3.41. The average Bonchev–Trinajstić information content (AvgIpc) is 2.89. The maximum Gasteiger partial charge on any atom is 0.280 e. The van der Waals surface area contributed by atoms with Gasteiger partial charge in [-0.2, -0.15) is 28.8 Å². The second-order valence-electron chi connectivity index (χ2n) is 5.47. The number of hydrogen-bond donors (Lipinski definition) is 2. The van der Waals surface area contributed by atoms with Crippen molar-refractivity contribution in [1.82, 2.24) is 14.3 Å². The molecule has 1 aliphatic heterocycles. The lowest BCUT2D eigenvalue weighted by molar-refractivity contribution is 0.243. The highest BCUT2D eigenvalue weighted by Gasteiger charge is 2.31. The van der Waals surface area contributed by atoms with Gasteiger partial charge in [0.15, 0.2) is 0 Å². The van der Waals surface area contributed by atoms with Gasteiger partial charge in [-0.15, -0.1) is 0 Å². The molecule has 1 aliphatic rings. The van der Waals surface area contributed by atoms with Crippen LogP contribution in [0.5, 0.6) is 0 Å². The van der Waals surface area contributed by atoms with Crippen LogP contribution in [0.1, 0.15) is 37.3 Å². The first-order valence-corrected chi connectivity index (χ1v) is 9.91. The molecule has 0 aliphatic carbocycles. The summed E-state index contributed by atoms with van der Waals surface area (Å²) in [4.78, 5) is 0. The Kier molecular flexibility index (Phi) is 6.19. The van der Waals surface area contributed by atoms with Gasteiger partial charge in [0.1, 0.15) is 0 Å². The smallest absolute Gasteiger partial charge is 0.280 e. The summed E-state index contributed by atoms with van der Waals surface area (Å²) in [5.41, 5.74) is 2.20. The topological polar surface area (TPSA) is 61.4 Å². The number of piperidine rings is 1. The van der Waals surface area contributed by atoms with Crippen LogP contribution in [0.2, 0.25) is 0 Å². The van der Waals surface area contributed by atoms with Gasteiger partial charge in [-0.05, 0) is 48.2 Å². The molecule has 7 heteroatoms. The summed E-state index contributed by atoms with van der Waals surface area (Å²) in [5.74, 6) is 0. The molecule has 1 unspecified atom stereocenters. The van der Waals surface area contributed by atoms with E-state index in [1.807, 2.05) is 24.6 Å². The van der Waals surface area contributed by atoms with E-state index >= 15 is 0 Å². The van der Waals surface area contributed by atoms with E-state index in [9.17, 15) is 8.42 Å². The lowest BCUT2D eigenvalue weighted by atomic mass is 10.1. The molecule has 2 heterocycles. The molecular formula is C14H25N3O2S2. The van der Waals surface area contributed by atoms with Crippen LogP contribution >= 0.6 is 11.3 Å². The molecule has 1 saturated heterocycles. The summed E-state index contributed by atoms with van der Waals surface area (Å²) in [6.45, 7) is 6.64. The highest BCUT2D eigenvalue weighted by atomic mass is 32.2. The van der Waals surface area contributed by atoms with E-state index in [0.29, 0.717) is 13.1 Å². The van der Waals surface area contributed by atoms with Gasteiger partial charge in [0.25, 0.3) is 10.2 Å². The molecule has 0 bridgehead atoms. The van der Waals surface area contributed by atoms with Gasteiger partial charge in [-0.1, -0.05) is 13.3 Å². The van der Waals surface area contributed by atoms with E-state index < -0.39 is 10.2 Å². The third-order valence-corrected chi connectivity index (χ3v) is 6.44. The molecular weight excluding hydrogens is 306 g/mol. The van der Waals surface area contributed by atoms with Crippen molar-refractivity contribution in [2.75, 3.05) is 19.6 Å². The molecule has 0 aromatic carbocycles. The fourth-order valence-corrected chi connectivity index (χ4v) is 4.93. The molecule has 21 heavy (non-hydrogen) atoms. The first kappa shape index (κ1) is 16.9. The van der Waals surface area contributed by atoms with Crippen LogP contribution in [0.15, 0.2) is 10.8 Å². The van der Waals surface area contributed by atoms with Gasteiger partial charge in [-0.25, -0.2) is 0 Å². The predicted molar refractivity (Wildman–Crippen MR) is 87.7 cm³/mol. The monoisotopic (exact) mass is 331 g/mol. The Morgan fingerprint density at radius 1 is 1.38 bits per heavy atom. The SMILES string of the molecule is CCNCC1CCCCN1S(=O)(=O)NCc1cscc1C. The molecule has 0 radical (unpaired) electrons. The lowest BCUT2D eigenvalue weighted by Gasteiger charge is -2.34. The van der Waals surface area contributed by atoms with Crippen molar-refractivity contribution in [3.8, 4) is 0 Å². The number of nitrogens with one attached hydrogen (secondary N) is 2. The van der Waals surface area contributed by atoms with Crippen molar-refractivity contribution in [3.05, 3.63) is 21.9 Å². The quantitative estimate of drug-likeness (QED) is 0.802. The molecule has 5 nitrogen and oxygen atoms in total. The zero-order valence-corrected chi connectivity index (χ0v) is 14.4. The van der Waals surface area contributed by atoms with Gasteiger partial charge in [0.2, 0.25) is 0 Å². The molecule has 120 valence electrons. The van der Waals surface area contributed by atoms with E-state index in [0.717, 1.165) is 43.5 Å². The zero-order chi connectivity index (χ0) is 15.3. The average molecular weight is 332 g/mol. The van der Waals surface area contributed by atoms with Crippen molar-refractivity contribution in [1.29, 1.82) is 0 Å².